The van der Waals surface area contributed by atoms with Crippen LogP contribution in [0.5, 0.6) is 11.5 Å². The number of benzene rings is 1. The van der Waals surface area contributed by atoms with Crippen LogP contribution >= 0.6 is 0 Å². The summed E-state index contributed by atoms with van der Waals surface area (Å²) in [6.45, 7) is 1.11. The first-order valence-electron chi connectivity index (χ1n) is 5.17. The molecule has 1 aromatic carbocycles. The van der Waals surface area contributed by atoms with E-state index in [-0.39, 0.29) is 0 Å². The number of anilines is 1. The lowest BCUT2D eigenvalue weighted by atomic mass is 10.2. The molecule has 0 fully saturated rings. The zero-order chi connectivity index (χ0) is 10.8. The lowest BCUT2D eigenvalue weighted by Crippen LogP contribution is -1.97. The Morgan fingerprint density at radius 1 is 1.19 bits per heavy atom. The molecule has 0 spiro atoms. The quantitative estimate of drug-likeness (QED) is 0.827. The molecule has 0 aliphatic carbocycles. The van der Waals surface area contributed by atoms with Crippen molar-refractivity contribution < 1.29 is 9.47 Å². The van der Waals surface area contributed by atoms with Gasteiger partial charge in [-0.3, -0.25) is 0 Å². The first kappa shape index (κ1) is 9.15. The van der Waals surface area contributed by atoms with E-state index in [0.29, 0.717) is 6.79 Å². The molecule has 1 aromatic heterocycles. The maximum atomic E-state index is 5.31. The summed E-state index contributed by atoms with van der Waals surface area (Å²) in [5.74, 6) is 1.62. The van der Waals surface area contributed by atoms with E-state index >= 15 is 0 Å². The molecule has 1 aliphatic heterocycles. The minimum atomic E-state index is 0.316. The Kier molecular flexibility index (Phi) is 2.18. The monoisotopic (exact) mass is 216 g/mol. The molecule has 0 radical (unpaired) electrons. The van der Waals surface area contributed by atoms with Gasteiger partial charge in [0.2, 0.25) is 6.79 Å². The van der Waals surface area contributed by atoms with Gasteiger partial charge in [-0.05, 0) is 23.8 Å². The second-order valence-electron chi connectivity index (χ2n) is 3.64. The topological polar surface area (TPSA) is 46.3 Å². The van der Waals surface area contributed by atoms with E-state index in [1.165, 1.54) is 5.56 Å². The summed E-state index contributed by atoms with van der Waals surface area (Å²) in [5.41, 5.74) is 2.25. The van der Waals surface area contributed by atoms with Crippen molar-refractivity contribution in [3.63, 3.8) is 0 Å². The van der Waals surface area contributed by atoms with Crippen LogP contribution in [0.2, 0.25) is 0 Å². The molecule has 4 heteroatoms. The van der Waals surface area contributed by atoms with E-state index in [1.807, 2.05) is 36.7 Å². The normalized spacial score (nSPS) is 12.8. The van der Waals surface area contributed by atoms with Crippen molar-refractivity contribution in [2.24, 2.45) is 0 Å². The van der Waals surface area contributed by atoms with Crippen LogP contribution in [0.25, 0.3) is 0 Å². The highest BCUT2D eigenvalue weighted by Crippen LogP contribution is 2.34. The summed E-state index contributed by atoms with van der Waals surface area (Å²) >= 11 is 0. The molecule has 1 aliphatic rings. The van der Waals surface area contributed by atoms with Gasteiger partial charge >= 0.3 is 0 Å². The van der Waals surface area contributed by atoms with Crippen molar-refractivity contribution in [1.82, 2.24) is 4.98 Å². The molecule has 2 aromatic rings. The number of nitrogens with one attached hydrogen (secondary N) is 2. The molecule has 2 N–H and O–H groups in total. The van der Waals surface area contributed by atoms with Crippen LogP contribution in [0, 0.1) is 0 Å². The smallest absolute Gasteiger partial charge is 0.231 e. The van der Waals surface area contributed by atoms with Crippen LogP contribution in [0.15, 0.2) is 36.7 Å². The predicted molar refractivity (Wildman–Crippen MR) is 60.7 cm³/mol. The molecule has 0 saturated heterocycles. The highest BCUT2D eigenvalue weighted by Gasteiger charge is 2.12. The largest absolute Gasteiger partial charge is 0.454 e. The van der Waals surface area contributed by atoms with Gasteiger partial charge in [-0.1, -0.05) is 0 Å². The number of hydrogen-bond donors (Lipinski definition) is 2. The van der Waals surface area contributed by atoms with Crippen LogP contribution in [0.3, 0.4) is 0 Å². The first-order valence-corrected chi connectivity index (χ1v) is 5.17. The second kappa shape index (κ2) is 3.81. The molecule has 0 atom stereocenters. The Labute approximate surface area is 93.2 Å². The maximum absolute atomic E-state index is 5.31. The molecule has 0 bridgehead atoms. The number of H-pyrrole nitrogens is 1. The Balaban J connectivity index is 1.71. The third kappa shape index (κ3) is 1.69. The number of hydrogen-bond acceptors (Lipinski definition) is 3. The molecule has 0 amide bonds. The highest BCUT2D eigenvalue weighted by atomic mass is 16.7. The summed E-state index contributed by atoms with van der Waals surface area (Å²) in [5, 5.41) is 3.32. The molecular formula is C12H12N2O2. The van der Waals surface area contributed by atoms with E-state index < -0.39 is 0 Å². The van der Waals surface area contributed by atoms with Crippen molar-refractivity contribution in [2.45, 2.75) is 6.54 Å². The van der Waals surface area contributed by atoms with E-state index in [9.17, 15) is 0 Å². The van der Waals surface area contributed by atoms with Gasteiger partial charge in [-0.25, -0.2) is 0 Å². The number of rotatable bonds is 3. The molecule has 0 saturated carbocycles. The third-order valence-electron chi connectivity index (χ3n) is 2.53. The van der Waals surface area contributed by atoms with E-state index in [2.05, 4.69) is 10.3 Å². The standard InChI is InChI=1S/C12H12N2O2/c1-2-11-12(16-8-15-11)5-10(1)14-7-9-3-4-13-6-9/h1-6,13-14H,7-8H2. The van der Waals surface area contributed by atoms with Gasteiger partial charge in [0, 0.05) is 30.7 Å². The van der Waals surface area contributed by atoms with E-state index in [1.54, 1.807) is 0 Å². The van der Waals surface area contributed by atoms with Crippen LogP contribution in [-0.2, 0) is 6.54 Å². The van der Waals surface area contributed by atoms with Gasteiger partial charge in [0.15, 0.2) is 11.5 Å². The summed E-state index contributed by atoms with van der Waals surface area (Å²) in [6, 6.07) is 7.90. The van der Waals surface area contributed by atoms with E-state index in [4.69, 9.17) is 9.47 Å². The lowest BCUT2D eigenvalue weighted by molar-refractivity contribution is 0.174. The summed E-state index contributed by atoms with van der Waals surface area (Å²) in [4.78, 5) is 3.02. The van der Waals surface area contributed by atoms with Crippen molar-refractivity contribution >= 4 is 5.69 Å². The Morgan fingerprint density at radius 2 is 2.12 bits per heavy atom. The fraction of sp³-hybridized carbons (Fsp3) is 0.167. The Bertz CT molecular complexity index is 480. The van der Waals surface area contributed by atoms with Crippen LogP contribution < -0.4 is 14.8 Å². The van der Waals surface area contributed by atoms with Gasteiger partial charge < -0.3 is 19.8 Å². The zero-order valence-electron chi connectivity index (χ0n) is 8.69. The fourth-order valence-electron chi connectivity index (χ4n) is 1.68. The average molecular weight is 216 g/mol. The molecule has 16 heavy (non-hydrogen) atoms. The Hall–Kier alpha value is -2.10. The Morgan fingerprint density at radius 3 is 3.00 bits per heavy atom. The predicted octanol–water partition coefficient (Wildman–Crippen LogP) is 2.36. The van der Waals surface area contributed by atoms with Crippen molar-refractivity contribution in [1.29, 1.82) is 0 Å². The minimum absolute atomic E-state index is 0.316. The number of fused-ring (bicyclic) bond motifs is 1. The number of aromatic nitrogens is 1. The fourth-order valence-corrected chi connectivity index (χ4v) is 1.68. The lowest BCUT2D eigenvalue weighted by Gasteiger charge is -2.05. The minimum Gasteiger partial charge on any atom is -0.454 e. The molecular weight excluding hydrogens is 204 g/mol. The van der Waals surface area contributed by atoms with Crippen molar-refractivity contribution in [2.75, 3.05) is 12.1 Å². The van der Waals surface area contributed by atoms with Gasteiger partial charge in [0.1, 0.15) is 0 Å². The SMILES string of the molecule is c1cc(CNc2ccc3c(c2)OCO3)c[nH]1. The second-order valence-corrected chi connectivity index (χ2v) is 3.64. The molecule has 82 valence electrons. The van der Waals surface area contributed by atoms with Crippen LogP contribution in [-0.4, -0.2) is 11.8 Å². The van der Waals surface area contributed by atoms with Gasteiger partial charge in [-0.15, -0.1) is 0 Å². The van der Waals surface area contributed by atoms with Crippen LogP contribution in [0.4, 0.5) is 5.69 Å². The zero-order valence-corrected chi connectivity index (χ0v) is 8.69. The summed E-state index contributed by atoms with van der Waals surface area (Å²) < 4.78 is 10.6. The molecule has 0 unspecified atom stereocenters. The van der Waals surface area contributed by atoms with Crippen LogP contribution in [0.1, 0.15) is 5.56 Å². The van der Waals surface area contributed by atoms with Gasteiger partial charge in [0.05, 0.1) is 0 Å². The molecule has 3 rings (SSSR count). The van der Waals surface area contributed by atoms with Crippen molar-refractivity contribution in [3.8, 4) is 11.5 Å². The summed E-state index contributed by atoms with van der Waals surface area (Å²) in [6.07, 6.45) is 3.89. The van der Waals surface area contributed by atoms with Gasteiger partial charge in [0.25, 0.3) is 0 Å². The maximum Gasteiger partial charge on any atom is 0.231 e. The first-order chi connectivity index (χ1) is 7.92. The van der Waals surface area contributed by atoms with Gasteiger partial charge in [-0.2, -0.15) is 0 Å². The van der Waals surface area contributed by atoms with E-state index in [0.717, 1.165) is 23.7 Å². The highest BCUT2D eigenvalue weighted by molar-refractivity contribution is 5.55. The molecule has 2 heterocycles. The third-order valence-corrected chi connectivity index (χ3v) is 2.53. The number of aromatic amines is 1. The summed E-state index contributed by atoms with van der Waals surface area (Å²) in [7, 11) is 0. The average Bonchev–Trinajstić information content (AvgIpc) is 2.97. The van der Waals surface area contributed by atoms with Crippen molar-refractivity contribution in [3.05, 3.63) is 42.2 Å². The number of ether oxygens (including phenoxy) is 2. The molecule has 4 nitrogen and oxygen atoms in total.